The molecule has 84 heavy (non-hydrogen) atoms. The number of nitrogens with zero attached hydrogens (tertiary/aromatic N) is 6. The van der Waals surface area contributed by atoms with Crippen LogP contribution in [0.1, 0.15) is 0 Å². The van der Waals surface area contributed by atoms with E-state index in [1.165, 1.54) is 38.2 Å². The highest BCUT2D eigenvalue weighted by atomic mass is 15.0. The summed E-state index contributed by atoms with van der Waals surface area (Å²) in [4.78, 5) is 31.9. The number of rotatable bonds is 9. The summed E-state index contributed by atoms with van der Waals surface area (Å²) in [5.41, 5.74) is 12.3. The largest absolute Gasteiger partial charge is 0.208 e. The van der Waals surface area contributed by atoms with Gasteiger partial charge in [0.1, 0.15) is 0 Å². The van der Waals surface area contributed by atoms with Crippen LogP contribution in [0.25, 0.3) is 166 Å². The molecule has 0 aliphatic heterocycles. The zero-order valence-corrected chi connectivity index (χ0v) is 45.4. The maximum absolute atomic E-state index is 5.42. The molecule has 0 N–H and O–H groups in total. The van der Waals surface area contributed by atoms with Crippen LogP contribution < -0.4 is 0 Å². The van der Waals surface area contributed by atoms with Crippen LogP contribution in [-0.2, 0) is 0 Å². The van der Waals surface area contributed by atoms with Gasteiger partial charge in [0, 0.05) is 33.4 Å². The van der Waals surface area contributed by atoms with E-state index in [1.54, 1.807) is 0 Å². The number of benzene rings is 14. The van der Waals surface area contributed by atoms with Crippen LogP contribution in [0.15, 0.2) is 291 Å². The van der Waals surface area contributed by atoms with Crippen LogP contribution in [-0.4, -0.2) is 29.9 Å². The quantitative estimate of drug-likeness (QED) is 0.134. The molecular formula is C78H48N6. The third-order valence-corrected chi connectivity index (χ3v) is 16.3. The highest BCUT2D eigenvalue weighted by Gasteiger charge is 2.24. The zero-order chi connectivity index (χ0) is 55.5. The summed E-state index contributed by atoms with van der Waals surface area (Å²) >= 11 is 0. The molecule has 0 amide bonds. The fourth-order valence-corrected chi connectivity index (χ4v) is 12.4. The lowest BCUT2D eigenvalue weighted by Gasteiger charge is -2.18. The van der Waals surface area contributed by atoms with Crippen molar-refractivity contribution in [2.24, 2.45) is 0 Å². The van der Waals surface area contributed by atoms with Crippen molar-refractivity contribution in [3.05, 3.63) is 291 Å². The van der Waals surface area contributed by atoms with Crippen molar-refractivity contribution < 1.29 is 0 Å². The van der Waals surface area contributed by atoms with Crippen molar-refractivity contribution in [3.8, 4) is 102 Å². The minimum Gasteiger partial charge on any atom is -0.208 e. The van der Waals surface area contributed by atoms with Crippen molar-refractivity contribution in [1.82, 2.24) is 29.9 Å². The van der Waals surface area contributed by atoms with Gasteiger partial charge in [-0.2, -0.15) is 0 Å². The van der Waals surface area contributed by atoms with E-state index in [-0.39, 0.29) is 0 Å². The van der Waals surface area contributed by atoms with Crippen LogP contribution >= 0.6 is 0 Å². The second-order valence-corrected chi connectivity index (χ2v) is 21.3. The van der Waals surface area contributed by atoms with Gasteiger partial charge in [0.25, 0.3) is 0 Å². The molecule has 390 valence electrons. The lowest BCUT2D eigenvalue weighted by atomic mass is 9.86. The summed E-state index contributed by atoms with van der Waals surface area (Å²) in [6, 6.07) is 103. The van der Waals surface area contributed by atoms with Crippen LogP contribution in [0.5, 0.6) is 0 Å². The van der Waals surface area contributed by atoms with Crippen molar-refractivity contribution in [1.29, 1.82) is 0 Å². The van der Waals surface area contributed by atoms with Crippen molar-refractivity contribution >= 4 is 64.6 Å². The monoisotopic (exact) mass is 1070 g/mol. The molecule has 0 aliphatic rings. The average molecular weight is 1070 g/mol. The van der Waals surface area contributed by atoms with E-state index in [0.717, 1.165) is 93.2 Å². The van der Waals surface area contributed by atoms with E-state index >= 15 is 0 Å². The van der Waals surface area contributed by atoms with Gasteiger partial charge in [-0.3, -0.25) is 0 Å². The fourth-order valence-electron chi connectivity index (χ4n) is 12.4. The lowest BCUT2D eigenvalue weighted by molar-refractivity contribution is 1.08. The molecule has 2 aromatic heterocycles. The molecule has 16 rings (SSSR count). The van der Waals surface area contributed by atoms with Gasteiger partial charge >= 0.3 is 0 Å². The summed E-state index contributed by atoms with van der Waals surface area (Å²) in [6.45, 7) is 0. The summed E-state index contributed by atoms with van der Waals surface area (Å²) in [5, 5.41) is 13.6. The SMILES string of the molecule is c1ccc(-c2nc(-c3cccc(-c4ccc(-c5nc(-c6ccccc6)nc(-c6c7ccccc7c(-c7cccc8ccccc78)c7ccccc67)n5)cc4)c3)nc(-c3c4ccccc4c(-c4ccc5ccccc5c4)c4ccccc34)n2)cc1. The third kappa shape index (κ3) is 8.43. The lowest BCUT2D eigenvalue weighted by Crippen LogP contribution is -2.02. The molecule has 16 aromatic rings. The van der Waals surface area contributed by atoms with Gasteiger partial charge in [-0.1, -0.05) is 279 Å². The van der Waals surface area contributed by atoms with Crippen LogP contribution in [0.3, 0.4) is 0 Å². The highest BCUT2D eigenvalue weighted by molar-refractivity contribution is 6.24. The van der Waals surface area contributed by atoms with Gasteiger partial charge in [-0.05, 0) is 110 Å². The minimum absolute atomic E-state index is 0.584. The molecule has 0 atom stereocenters. The molecule has 0 saturated heterocycles. The van der Waals surface area contributed by atoms with E-state index in [1.807, 2.05) is 36.4 Å². The Bertz CT molecular complexity index is 5130. The molecule has 0 spiro atoms. The standard InChI is InChI=1S/C78H48N6/c1-3-23-52(24-4-1)73-79-75(83-77(81-73)72-67-38-17-13-34-63(67)70(64-35-14-18-39-68(64)72)60-40-20-28-51-22-9-10-31-59(51)60)54-44-41-50(42-45-54)56-29-19-30-58(48-56)76-80-74(53-25-5-2-6-26-53)82-78(84-76)71-65-36-15-11-32-61(65)69(62-33-12-16-37-66(62)71)57-46-43-49-21-7-8-27-55(49)47-57/h1-48H. The molecule has 0 unspecified atom stereocenters. The maximum atomic E-state index is 5.42. The molecule has 0 fully saturated rings. The van der Waals surface area contributed by atoms with Gasteiger partial charge < -0.3 is 0 Å². The first-order valence-electron chi connectivity index (χ1n) is 28.3. The van der Waals surface area contributed by atoms with Gasteiger partial charge in [0.05, 0.1) is 0 Å². The van der Waals surface area contributed by atoms with Crippen LogP contribution in [0, 0.1) is 0 Å². The number of hydrogen-bond donors (Lipinski definition) is 0. The molecule has 2 heterocycles. The second-order valence-electron chi connectivity index (χ2n) is 21.3. The molecule has 0 radical (unpaired) electrons. The molecule has 0 saturated carbocycles. The van der Waals surface area contributed by atoms with E-state index in [0.29, 0.717) is 34.9 Å². The van der Waals surface area contributed by atoms with Crippen molar-refractivity contribution in [2.45, 2.75) is 0 Å². The topological polar surface area (TPSA) is 77.3 Å². The Morgan fingerprint density at radius 1 is 0.155 bits per heavy atom. The molecule has 6 nitrogen and oxygen atoms in total. The minimum atomic E-state index is 0.584. The van der Waals surface area contributed by atoms with Gasteiger partial charge in [0.2, 0.25) is 0 Å². The van der Waals surface area contributed by atoms with Crippen LogP contribution in [0.2, 0.25) is 0 Å². The average Bonchev–Trinajstić information content (AvgIpc) is 1.46. The Hall–Kier alpha value is -11.3. The number of hydrogen-bond acceptors (Lipinski definition) is 6. The first-order chi connectivity index (χ1) is 41.6. The predicted octanol–water partition coefficient (Wildman–Crippen LogP) is 20.0. The first kappa shape index (κ1) is 48.6. The van der Waals surface area contributed by atoms with Crippen LogP contribution in [0.4, 0.5) is 0 Å². The summed E-state index contributed by atoms with van der Waals surface area (Å²) < 4.78 is 0. The maximum Gasteiger partial charge on any atom is 0.165 e. The normalized spacial score (nSPS) is 11.6. The molecule has 6 heteroatoms. The molecule has 0 bridgehead atoms. The number of aromatic nitrogens is 6. The van der Waals surface area contributed by atoms with E-state index in [4.69, 9.17) is 29.9 Å². The first-order valence-corrected chi connectivity index (χ1v) is 28.3. The third-order valence-electron chi connectivity index (χ3n) is 16.3. The van der Waals surface area contributed by atoms with E-state index in [2.05, 4.69) is 255 Å². The van der Waals surface area contributed by atoms with Gasteiger partial charge in [-0.15, -0.1) is 0 Å². The second kappa shape index (κ2) is 20.3. The summed E-state index contributed by atoms with van der Waals surface area (Å²) in [6.07, 6.45) is 0. The number of fused-ring (bicyclic) bond motifs is 6. The Balaban J connectivity index is 0.814. The summed E-state index contributed by atoms with van der Waals surface area (Å²) in [7, 11) is 0. The Morgan fingerprint density at radius 2 is 0.488 bits per heavy atom. The van der Waals surface area contributed by atoms with Crippen molar-refractivity contribution in [3.63, 3.8) is 0 Å². The van der Waals surface area contributed by atoms with Crippen molar-refractivity contribution in [2.75, 3.05) is 0 Å². The molecule has 0 aliphatic carbocycles. The van der Waals surface area contributed by atoms with E-state index in [9.17, 15) is 0 Å². The summed E-state index contributed by atoms with van der Waals surface area (Å²) in [5.74, 6) is 3.60. The Kier molecular flexibility index (Phi) is 11.8. The van der Waals surface area contributed by atoms with Gasteiger partial charge in [0.15, 0.2) is 34.9 Å². The predicted molar refractivity (Wildman–Crippen MR) is 347 cm³/mol. The smallest absolute Gasteiger partial charge is 0.165 e. The Labute approximate surface area is 484 Å². The van der Waals surface area contributed by atoms with Gasteiger partial charge in [-0.25, -0.2) is 29.9 Å². The zero-order valence-electron chi connectivity index (χ0n) is 45.4. The molecular weight excluding hydrogens is 1020 g/mol. The molecule has 14 aromatic carbocycles. The Morgan fingerprint density at radius 3 is 1.01 bits per heavy atom. The highest BCUT2D eigenvalue weighted by Crippen LogP contribution is 2.47. The van der Waals surface area contributed by atoms with E-state index < -0.39 is 0 Å². The fraction of sp³-hybridized carbons (Fsp3) is 0.